The zero-order chi connectivity index (χ0) is 39.2. The Morgan fingerprint density at radius 3 is 2.31 bits per heavy atom. The third-order valence-electron chi connectivity index (χ3n) is 11.0. The fourth-order valence-electron chi connectivity index (χ4n) is 8.48. The average Bonchev–Trinajstić information content (AvgIpc) is 3.48. The van der Waals surface area contributed by atoms with E-state index >= 15 is 0 Å². The summed E-state index contributed by atoms with van der Waals surface area (Å²) in [5.41, 5.74) is 4.29. The molecule has 13 heteroatoms. The van der Waals surface area contributed by atoms with Gasteiger partial charge >= 0.3 is 5.97 Å². The van der Waals surface area contributed by atoms with Crippen molar-refractivity contribution in [3.63, 3.8) is 0 Å². The van der Waals surface area contributed by atoms with Crippen LogP contribution < -0.4 is 4.90 Å². The number of nitrogens with zero attached hydrogens (tertiary/aromatic N) is 2. The van der Waals surface area contributed by atoms with Crippen molar-refractivity contribution in [2.75, 3.05) is 31.7 Å². The molecule has 0 saturated heterocycles. The summed E-state index contributed by atoms with van der Waals surface area (Å²) in [7, 11) is -8.59. The highest BCUT2D eigenvalue weighted by molar-refractivity contribution is 7.86. The standard InChI is InChI=1S/C41H46N2O9S2/c1-6-42-33-20-18-27-13-9-10-14-29(27)39(33)41(4,22-24-52-5)36(42)16-12-15-35-40(2,3)38-31-25-28(53(46,47)48)26-34(54(49,50)51)30(31)19-21-32(38)43(35)23-11-7-8-17-37(44)45/h9-10,12-16,18-21,25-26H,6-8,11,17,22-24H2,1-5H3,(H2-,44,45,46,47,48,49,50,51)/p-1. The molecule has 6 rings (SSSR count). The number of aliphatic carboxylic acids is 1. The smallest absolute Gasteiger partial charge is 0.303 e. The fourth-order valence-corrected chi connectivity index (χ4v) is 9.80. The Bertz CT molecular complexity index is 2480. The molecule has 2 heterocycles. The zero-order valence-corrected chi connectivity index (χ0v) is 32.7. The Kier molecular flexibility index (Phi) is 10.7. The van der Waals surface area contributed by atoms with E-state index in [-0.39, 0.29) is 17.2 Å². The van der Waals surface area contributed by atoms with Crippen LogP contribution in [0.2, 0.25) is 0 Å². The van der Waals surface area contributed by atoms with Crippen LogP contribution in [0.15, 0.2) is 94.4 Å². The molecule has 0 aromatic heterocycles. The van der Waals surface area contributed by atoms with Gasteiger partial charge in [0.2, 0.25) is 5.69 Å². The van der Waals surface area contributed by atoms with E-state index in [1.54, 1.807) is 13.2 Å². The van der Waals surface area contributed by atoms with Crippen LogP contribution in [0.1, 0.15) is 70.9 Å². The highest BCUT2D eigenvalue weighted by atomic mass is 32.2. The molecule has 0 aliphatic carbocycles. The largest absolute Gasteiger partial charge is 0.744 e. The minimum atomic E-state index is -5.16. The number of rotatable bonds is 14. The van der Waals surface area contributed by atoms with Gasteiger partial charge in [-0.2, -0.15) is 4.58 Å². The van der Waals surface area contributed by atoms with Crippen LogP contribution in [0.4, 0.5) is 11.4 Å². The third kappa shape index (κ3) is 6.99. The van der Waals surface area contributed by atoms with Gasteiger partial charge in [-0.25, -0.2) is 16.8 Å². The lowest BCUT2D eigenvalue weighted by Gasteiger charge is -2.30. The number of anilines is 1. The minimum Gasteiger partial charge on any atom is -0.744 e. The monoisotopic (exact) mass is 773 g/mol. The van der Waals surface area contributed by atoms with Crippen molar-refractivity contribution in [3.05, 3.63) is 95.7 Å². The molecule has 1 atom stereocenters. The number of benzene rings is 4. The number of ether oxygens (including phenoxy) is 1. The number of hydrogen-bond donors (Lipinski definition) is 1. The summed E-state index contributed by atoms with van der Waals surface area (Å²) >= 11 is 0. The maximum atomic E-state index is 12.4. The van der Waals surface area contributed by atoms with E-state index in [1.165, 1.54) is 17.0 Å². The van der Waals surface area contributed by atoms with Gasteiger partial charge in [0, 0.05) is 73.0 Å². The quantitative estimate of drug-likeness (QED) is 0.0794. The fraction of sp³-hybridized carbons (Fsp3) is 0.366. The molecule has 0 radical (unpaired) electrons. The number of hydrogen-bond acceptors (Lipinski definition) is 9. The van der Waals surface area contributed by atoms with Crippen LogP contribution in [-0.4, -0.2) is 74.1 Å². The van der Waals surface area contributed by atoms with Gasteiger partial charge in [0.25, 0.3) is 0 Å². The summed E-state index contributed by atoms with van der Waals surface area (Å²) in [6.07, 6.45) is 8.67. The maximum Gasteiger partial charge on any atom is 0.303 e. The maximum absolute atomic E-state index is 12.4. The van der Waals surface area contributed by atoms with Crippen molar-refractivity contribution >= 4 is 64.8 Å². The van der Waals surface area contributed by atoms with Crippen molar-refractivity contribution < 1.29 is 45.2 Å². The summed E-state index contributed by atoms with van der Waals surface area (Å²) < 4.78 is 81.7. The Morgan fingerprint density at radius 1 is 0.907 bits per heavy atom. The summed E-state index contributed by atoms with van der Waals surface area (Å²) in [4.78, 5) is 11.9. The number of carboxylic acids is 1. The van der Waals surface area contributed by atoms with E-state index in [2.05, 4.69) is 59.7 Å². The molecular formula is C41H45N2O9S2-. The third-order valence-corrected chi connectivity index (χ3v) is 12.7. The zero-order valence-electron chi connectivity index (χ0n) is 31.1. The van der Waals surface area contributed by atoms with Gasteiger partial charge in [-0.1, -0.05) is 36.4 Å². The molecule has 1 N–H and O–H groups in total. The molecule has 2 aliphatic rings. The minimum absolute atomic E-state index is 0.0291. The van der Waals surface area contributed by atoms with Crippen molar-refractivity contribution in [1.82, 2.24) is 0 Å². The molecule has 4 aromatic rings. The van der Waals surface area contributed by atoms with Gasteiger partial charge in [-0.15, -0.1) is 0 Å². The second-order valence-corrected chi connectivity index (χ2v) is 17.4. The highest BCUT2D eigenvalue weighted by Gasteiger charge is 2.47. The Morgan fingerprint density at radius 2 is 1.65 bits per heavy atom. The first-order valence-corrected chi connectivity index (χ1v) is 20.8. The van der Waals surface area contributed by atoms with Crippen LogP contribution in [0.25, 0.3) is 21.5 Å². The van der Waals surface area contributed by atoms with E-state index in [0.29, 0.717) is 49.7 Å². The number of likely N-dealkylation sites (N-methyl/N-ethyl adjacent to an activating group) is 1. The molecule has 11 nitrogen and oxygen atoms in total. The molecule has 0 bridgehead atoms. The van der Waals surface area contributed by atoms with Crippen molar-refractivity contribution in [3.8, 4) is 0 Å². The number of carboxylic acid groups (broad SMARTS) is 1. The summed E-state index contributed by atoms with van der Waals surface area (Å²) in [6.45, 7) is 9.99. The van der Waals surface area contributed by atoms with Crippen LogP contribution in [-0.2, 0) is 40.6 Å². The lowest BCUT2D eigenvalue weighted by Crippen LogP contribution is -2.30. The molecule has 4 aromatic carbocycles. The van der Waals surface area contributed by atoms with Gasteiger partial charge in [-0.05, 0) is 99.0 Å². The van der Waals surface area contributed by atoms with E-state index in [4.69, 9.17) is 4.74 Å². The van der Waals surface area contributed by atoms with Crippen molar-refractivity contribution in [2.45, 2.75) is 80.4 Å². The second-order valence-electron chi connectivity index (χ2n) is 14.7. The second kappa shape index (κ2) is 14.7. The first-order valence-electron chi connectivity index (χ1n) is 18.0. The van der Waals surface area contributed by atoms with Crippen molar-refractivity contribution in [1.29, 1.82) is 0 Å². The van der Waals surface area contributed by atoms with Crippen LogP contribution in [0.3, 0.4) is 0 Å². The van der Waals surface area contributed by atoms with Gasteiger partial charge in [0.05, 0.1) is 15.2 Å². The SMILES string of the molecule is CCN1C(=CC=CC2=[N+](CCCCCC(=O)O)c3ccc4c(S(=O)(=O)[O-])cc(S(=O)(=O)[O-])cc4c3C2(C)C)C(C)(CCOC)c2c1ccc1ccccc21. The lowest BCUT2D eigenvalue weighted by atomic mass is 9.76. The van der Waals surface area contributed by atoms with E-state index < -0.39 is 46.8 Å². The van der Waals surface area contributed by atoms with E-state index in [0.717, 1.165) is 41.5 Å². The molecule has 2 aliphatic heterocycles. The summed E-state index contributed by atoms with van der Waals surface area (Å²) in [5, 5.41) is 11.7. The summed E-state index contributed by atoms with van der Waals surface area (Å²) in [5.74, 6) is -0.869. The summed E-state index contributed by atoms with van der Waals surface area (Å²) in [6, 6.07) is 17.7. The first-order chi connectivity index (χ1) is 25.4. The molecule has 0 amide bonds. The first kappa shape index (κ1) is 39.3. The number of carbonyl (C=O) groups is 1. The van der Waals surface area contributed by atoms with Gasteiger partial charge in [0.15, 0.2) is 5.71 Å². The number of unbranched alkanes of at least 4 members (excludes halogenated alkanes) is 2. The van der Waals surface area contributed by atoms with E-state index in [9.17, 15) is 35.8 Å². The topological polar surface area (TPSA) is 167 Å². The molecular weight excluding hydrogens is 729 g/mol. The molecule has 286 valence electrons. The van der Waals surface area contributed by atoms with Crippen LogP contribution in [0.5, 0.6) is 0 Å². The average molecular weight is 774 g/mol. The lowest BCUT2D eigenvalue weighted by molar-refractivity contribution is -0.438. The highest BCUT2D eigenvalue weighted by Crippen LogP contribution is 2.53. The molecule has 0 fully saturated rings. The normalized spacial score (nSPS) is 19.1. The van der Waals surface area contributed by atoms with Crippen molar-refractivity contribution in [2.24, 2.45) is 0 Å². The molecule has 0 spiro atoms. The van der Waals surface area contributed by atoms with Crippen LogP contribution in [0, 0.1) is 0 Å². The predicted octanol–water partition coefficient (Wildman–Crippen LogP) is 7.10. The van der Waals surface area contributed by atoms with Crippen LogP contribution >= 0.6 is 0 Å². The number of allylic oxidation sites excluding steroid dienone is 4. The molecule has 1 unspecified atom stereocenters. The van der Waals surface area contributed by atoms with Gasteiger partial charge in [0.1, 0.15) is 26.8 Å². The Labute approximate surface area is 316 Å². The molecule has 0 saturated carbocycles. The number of methoxy groups -OCH3 is 1. The Balaban J connectivity index is 1.52. The van der Waals surface area contributed by atoms with Gasteiger partial charge in [-0.3, -0.25) is 4.79 Å². The predicted molar refractivity (Wildman–Crippen MR) is 207 cm³/mol. The Hall–Kier alpha value is -4.40. The van der Waals surface area contributed by atoms with E-state index in [1.807, 2.05) is 32.1 Å². The molecule has 54 heavy (non-hydrogen) atoms. The van der Waals surface area contributed by atoms with Gasteiger partial charge < -0.3 is 23.8 Å². The number of fused-ring (bicyclic) bond motifs is 6.